The minimum Gasteiger partial charge on any atom is -0.481 e. The van der Waals surface area contributed by atoms with Crippen LogP contribution in [0.5, 0.6) is 0 Å². The van der Waals surface area contributed by atoms with Gasteiger partial charge in [0.1, 0.15) is 0 Å². The molecular weight excluding hydrogens is 262 g/mol. The average Bonchev–Trinajstić information content (AvgIpc) is 2.92. The number of aromatic nitrogens is 2. The van der Waals surface area contributed by atoms with E-state index in [0.29, 0.717) is 31.7 Å². The number of carboxylic acid groups (broad SMARTS) is 1. The topological polar surface area (TPSA) is 92.6 Å². The minimum atomic E-state index is -0.776. The van der Waals surface area contributed by atoms with E-state index in [1.807, 2.05) is 11.8 Å². The lowest BCUT2D eigenvalue weighted by molar-refractivity contribution is -0.147. The summed E-state index contributed by atoms with van der Waals surface area (Å²) < 4.78 is 4.55. The average molecular weight is 279 g/mol. The lowest BCUT2D eigenvalue weighted by Crippen LogP contribution is -2.34. The van der Waals surface area contributed by atoms with E-state index in [4.69, 9.17) is 0 Å². The Balaban J connectivity index is 2.14. The fourth-order valence-corrected chi connectivity index (χ4v) is 2.39. The fraction of sp³-hybridized carbons (Fsp3) is 0.538. The van der Waals surface area contributed by atoms with Crippen molar-refractivity contribution in [2.24, 2.45) is 5.41 Å². The van der Waals surface area contributed by atoms with E-state index >= 15 is 0 Å². The van der Waals surface area contributed by atoms with Gasteiger partial charge in [-0.15, -0.1) is 10.2 Å². The Morgan fingerprint density at radius 1 is 1.45 bits per heavy atom. The number of methoxy groups -OCH3 is 1. The van der Waals surface area contributed by atoms with Crippen LogP contribution in [0, 0.1) is 5.41 Å². The Bertz CT molecular complexity index is 517. The van der Waals surface area contributed by atoms with Crippen LogP contribution >= 0.6 is 0 Å². The van der Waals surface area contributed by atoms with Gasteiger partial charge in [-0.3, -0.25) is 4.79 Å². The standard InChI is InChI=1S/C13H17N3O4/c1-3-13(12(18)19)6-7-16(8-13)10-5-4-9(14-15-10)11(17)20-2/h4-5H,3,6-8H2,1-2H3,(H,18,19). The summed E-state index contributed by atoms with van der Waals surface area (Å²) in [5.41, 5.74) is -0.585. The highest BCUT2D eigenvalue weighted by Gasteiger charge is 2.43. The smallest absolute Gasteiger partial charge is 0.358 e. The molecule has 1 aromatic rings. The molecule has 1 fully saturated rings. The van der Waals surface area contributed by atoms with Crippen molar-refractivity contribution >= 4 is 17.8 Å². The lowest BCUT2D eigenvalue weighted by Gasteiger charge is -2.23. The maximum absolute atomic E-state index is 11.4. The lowest BCUT2D eigenvalue weighted by atomic mass is 9.84. The van der Waals surface area contributed by atoms with E-state index in [-0.39, 0.29) is 5.69 Å². The zero-order valence-electron chi connectivity index (χ0n) is 11.5. The van der Waals surface area contributed by atoms with Crippen LogP contribution < -0.4 is 4.90 Å². The summed E-state index contributed by atoms with van der Waals surface area (Å²) in [6.07, 6.45) is 1.16. The van der Waals surface area contributed by atoms with Crippen molar-refractivity contribution in [3.63, 3.8) is 0 Å². The van der Waals surface area contributed by atoms with Crippen LogP contribution in [0.2, 0.25) is 0 Å². The summed E-state index contributed by atoms with van der Waals surface area (Å²) in [6.45, 7) is 2.90. The molecule has 1 atom stereocenters. The highest BCUT2D eigenvalue weighted by Crippen LogP contribution is 2.35. The molecule has 0 aromatic carbocycles. The summed E-state index contributed by atoms with van der Waals surface area (Å²) in [4.78, 5) is 24.5. The highest BCUT2D eigenvalue weighted by molar-refractivity contribution is 5.87. The number of carbonyl (C=O) groups excluding carboxylic acids is 1. The van der Waals surface area contributed by atoms with Gasteiger partial charge in [0.15, 0.2) is 11.5 Å². The summed E-state index contributed by atoms with van der Waals surface area (Å²) in [5.74, 6) is -0.741. The molecule has 0 spiro atoms. The first-order chi connectivity index (χ1) is 9.52. The summed E-state index contributed by atoms with van der Waals surface area (Å²) in [7, 11) is 1.28. The number of rotatable bonds is 4. The first-order valence-electron chi connectivity index (χ1n) is 6.43. The molecule has 2 heterocycles. The van der Waals surface area contributed by atoms with Crippen LogP contribution in [0.3, 0.4) is 0 Å². The SMILES string of the molecule is CCC1(C(=O)O)CCN(c2ccc(C(=O)OC)nn2)C1. The number of hydrogen-bond acceptors (Lipinski definition) is 6. The zero-order chi connectivity index (χ0) is 14.8. The molecule has 20 heavy (non-hydrogen) atoms. The fourth-order valence-electron chi connectivity index (χ4n) is 2.39. The molecule has 0 radical (unpaired) electrons. The molecule has 0 bridgehead atoms. The van der Waals surface area contributed by atoms with Crippen molar-refractivity contribution in [1.82, 2.24) is 10.2 Å². The molecule has 1 saturated heterocycles. The van der Waals surface area contributed by atoms with E-state index in [2.05, 4.69) is 14.9 Å². The molecule has 1 aromatic heterocycles. The van der Waals surface area contributed by atoms with Crippen LogP contribution in [-0.4, -0.2) is 47.4 Å². The second kappa shape index (κ2) is 5.44. The number of nitrogens with zero attached hydrogens (tertiary/aromatic N) is 3. The van der Waals surface area contributed by atoms with E-state index < -0.39 is 17.4 Å². The number of carboxylic acids is 1. The van der Waals surface area contributed by atoms with Crippen molar-refractivity contribution in [3.8, 4) is 0 Å². The number of anilines is 1. The molecule has 1 N–H and O–H groups in total. The van der Waals surface area contributed by atoms with Gasteiger partial charge >= 0.3 is 11.9 Å². The number of aliphatic carboxylic acids is 1. The van der Waals surface area contributed by atoms with Crippen LogP contribution in [0.25, 0.3) is 0 Å². The van der Waals surface area contributed by atoms with Gasteiger partial charge < -0.3 is 14.7 Å². The first-order valence-corrected chi connectivity index (χ1v) is 6.43. The van der Waals surface area contributed by atoms with Crippen LogP contribution in [0.15, 0.2) is 12.1 Å². The third kappa shape index (κ3) is 2.43. The number of esters is 1. The van der Waals surface area contributed by atoms with Gasteiger partial charge in [0, 0.05) is 13.1 Å². The van der Waals surface area contributed by atoms with Gasteiger partial charge in [0.2, 0.25) is 0 Å². The van der Waals surface area contributed by atoms with Crippen LogP contribution in [0.1, 0.15) is 30.3 Å². The van der Waals surface area contributed by atoms with Crippen molar-refractivity contribution in [2.45, 2.75) is 19.8 Å². The van der Waals surface area contributed by atoms with Gasteiger partial charge in [-0.1, -0.05) is 6.92 Å². The van der Waals surface area contributed by atoms with Crippen molar-refractivity contribution < 1.29 is 19.4 Å². The number of carbonyl (C=O) groups is 2. The van der Waals surface area contributed by atoms with Crippen molar-refractivity contribution in [3.05, 3.63) is 17.8 Å². The summed E-state index contributed by atoms with van der Waals surface area (Å²) in [6, 6.07) is 3.19. The molecule has 0 aliphatic carbocycles. The Labute approximate surface area is 116 Å². The Morgan fingerprint density at radius 3 is 2.65 bits per heavy atom. The highest BCUT2D eigenvalue weighted by atomic mass is 16.5. The second-order valence-corrected chi connectivity index (χ2v) is 4.88. The molecule has 1 unspecified atom stereocenters. The molecule has 0 saturated carbocycles. The Kier molecular flexibility index (Phi) is 3.87. The predicted octanol–water partition coefficient (Wildman–Crippen LogP) is 0.954. The van der Waals surface area contributed by atoms with Gasteiger partial charge in [-0.25, -0.2) is 4.79 Å². The molecular formula is C13H17N3O4. The predicted molar refractivity (Wildman–Crippen MR) is 70.6 cm³/mol. The van der Waals surface area contributed by atoms with Crippen LogP contribution in [0.4, 0.5) is 5.82 Å². The number of hydrogen-bond donors (Lipinski definition) is 1. The Morgan fingerprint density at radius 2 is 2.20 bits per heavy atom. The van der Waals surface area contributed by atoms with Gasteiger partial charge in [0.25, 0.3) is 0 Å². The first kappa shape index (κ1) is 14.2. The third-order valence-electron chi connectivity index (χ3n) is 3.85. The van der Waals surface area contributed by atoms with E-state index in [9.17, 15) is 14.7 Å². The maximum atomic E-state index is 11.4. The second-order valence-electron chi connectivity index (χ2n) is 4.88. The third-order valence-corrected chi connectivity index (χ3v) is 3.85. The molecule has 7 heteroatoms. The monoisotopic (exact) mass is 279 g/mol. The molecule has 1 aliphatic heterocycles. The van der Waals surface area contributed by atoms with E-state index in [1.54, 1.807) is 6.07 Å². The van der Waals surface area contributed by atoms with Gasteiger partial charge in [0.05, 0.1) is 12.5 Å². The largest absolute Gasteiger partial charge is 0.481 e. The molecule has 7 nitrogen and oxygen atoms in total. The number of ether oxygens (including phenoxy) is 1. The van der Waals surface area contributed by atoms with Gasteiger partial charge in [-0.05, 0) is 25.0 Å². The van der Waals surface area contributed by atoms with Crippen molar-refractivity contribution in [1.29, 1.82) is 0 Å². The Hall–Kier alpha value is -2.18. The molecule has 1 aliphatic rings. The summed E-state index contributed by atoms with van der Waals surface area (Å²) in [5, 5.41) is 17.1. The summed E-state index contributed by atoms with van der Waals surface area (Å²) >= 11 is 0. The van der Waals surface area contributed by atoms with E-state index in [1.165, 1.54) is 13.2 Å². The normalized spacial score (nSPS) is 21.8. The maximum Gasteiger partial charge on any atom is 0.358 e. The minimum absolute atomic E-state index is 0.135. The van der Waals surface area contributed by atoms with E-state index in [0.717, 1.165) is 0 Å². The molecule has 0 amide bonds. The molecule has 2 rings (SSSR count). The quantitative estimate of drug-likeness (QED) is 0.820. The van der Waals surface area contributed by atoms with Crippen molar-refractivity contribution in [2.75, 3.05) is 25.1 Å². The zero-order valence-corrected chi connectivity index (χ0v) is 11.5. The van der Waals surface area contributed by atoms with Gasteiger partial charge in [-0.2, -0.15) is 0 Å². The van der Waals surface area contributed by atoms with Crippen LogP contribution in [-0.2, 0) is 9.53 Å². The molecule has 108 valence electrons.